The molecule has 0 spiro atoms. The fourth-order valence-corrected chi connectivity index (χ4v) is 2.41. The van der Waals surface area contributed by atoms with E-state index < -0.39 is 11.4 Å². The molecule has 1 aliphatic heterocycles. The maximum absolute atomic E-state index is 10.1. The van der Waals surface area contributed by atoms with Crippen LogP contribution in [0, 0.1) is 0 Å². The maximum Gasteiger partial charge on any atom is 0.223 e. The minimum atomic E-state index is -1.11. The number of hydrogen-bond acceptors (Lipinski definition) is 3. The van der Waals surface area contributed by atoms with Gasteiger partial charge >= 0.3 is 0 Å². The van der Waals surface area contributed by atoms with E-state index in [1.807, 2.05) is 6.08 Å². The van der Waals surface area contributed by atoms with E-state index in [4.69, 9.17) is 9.47 Å². The lowest BCUT2D eigenvalue weighted by atomic mass is 9.86. The number of unbranched alkanes of at least 4 members (excludes halogenated alkanes) is 2. The Balaban J connectivity index is 2.05. The summed E-state index contributed by atoms with van der Waals surface area (Å²) in [5.74, 6) is -1.11. The largest absolute Gasteiger partial charge is 0.381 e. The van der Waals surface area contributed by atoms with E-state index in [1.54, 1.807) is 13.2 Å². The van der Waals surface area contributed by atoms with Gasteiger partial charge in [-0.05, 0) is 24.5 Å². The summed E-state index contributed by atoms with van der Waals surface area (Å²) < 4.78 is 10.7. The SMILES string of the molecule is CCCCCC1=CC=CC2(O)OC12COC. The van der Waals surface area contributed by atoms with Crippen LogP contribution in [0.5, 0.6) is 0 Å². The highest BCUT2D eigenvalue weighted by Gasteiger charge is 2.71. The molecule has 2 rings (SSSR count). The van der Waals surface area contributed by atoms with Gasteiger partial charge in [-0.15, -0.1) is 0 Å². The lowest BCUT2D eigenvalue weighted by Gasteiger charge is -2.19. The summed E-state index contributed by atoms with van der Waals surface area (Å²) in [5, 5.41) is 10.1. The van der Waals surface area contributed by atoms with Crippen LogP contribution in [-0.2, 0) is 9.47 Å². The Morgan fingerprint density at radius 2 is 2.25 bits per heavy atom. The van der Waals surface area contributed by atoms with Crippen LogP contribution in [0.4, 0.5) is 0 Å². The molecular weight excluding hydrogens is 204 g/mol. The Kier molecular flexibility index (Phi) is 3.19. The van der Waals surface area contributed by atoms with Crippen LogP contribution < -0.4 is 0 Å². The van der Waals surface area contributed by atoms with E-state index in [2.05, 4.69) is 13.0 Å². The van der Waals surface area contributed by atoms with Gasteiger partial charge in [-0.25, -0.2) is 0 Å². The Labute approximate surface area is 96.7 Å². The first kappa shape index (κ1) is 11.8. The molecule has 1 heterocycles. The van der Waals surface area contributed by atoms with Crippen molar-refractivity contribution >= 4 is 0 Å². The van der Waals surface area contributed by atoms with Gasteiger partial charge in [0.25, 0.3) is 0 Å². The molecule has 16 heavy (non-hydrogen) atoms. The zero-order chi connectivity index (χ0) is 11.6. The number of aliphatic hydroxyl groups is 1. The third-order valence-electron chi connectivity index (χ3n) is 3.40. The molecule has 90 valence electrons. The second-order valence-corrected chi connectivity index (χ2v) is 4.57. The van der Waals surface area contributed by atoms with Crippen molar-refractivity contribution in [3.63, 3.8) is 0 Å². The van der Waals surface area contributed by atoms with Crippen LogP contribution in [0.2, 0.25) is 0 Å². The molecule has 0 aromatic carbocycles. The van der Waals surface area contributed by atoms with Crippen molar-refractivity contribution in [2.24, 2.45) is 0 Å². The molecule has 2 unspecified atom stereocenters. The topological polar surface area (TPSA) is 42.0 Å². The Hall–Kier alpha value is -0.640. The molecule has 0 amide bonds. The molecule has 3 heteroatoms. The molecule has 2 atom stereocenters. The summed E-state index contributed by atoms with van der Waals surface area (Å²) in [6.07, 6.45) is 10.2. The number of rotatable bonds is 6. The summed E-state index contributed by atoms with van der Waals surface area (Å²) in [6, 6.07) is 0. The molecule has 1 fully saturated rings. The fourth-order valence-electron chi connectivity index (χ4n) is 2.41. The van der Waals surface area contributed by atoms with Crippen LogP contribution >= 0.6 is 0 Å². The third kappa shape index (κ3) is 1.73. The number of epoxide rings is 1. The maximum atomic E-state index is 10.1. The van der Waals surface area contributed by atoms with E-state index in [-0.39, 0.29) is 0 Å². The predicted molar refractivity (Wildman–Crippen MR) is 62.0 cm³/mol. The quantitative estimate of drug-likeness (QED) is 0.555. The monoisotopic (exact) mass is 224 g/mol. The average Bonchev–Trinajstić information content (AvgIpc) is 2.86. The van der Waals surface area contributed by atoms with Crippen molar-refractivity contribution < 1.29 is 14.6 Å². The highest BCUT2D eigenvalue weighted by atomic mass is 16.8. The molecule has 0 bridgehead atoms. The first-order chi connectivity index (χ1) is 7.68. The van der Waals surface area contributed by atoms with E-state index in [9.17, 15) is 5.11 Å². The summed E-state index contributed by atoms with van der Waals surface area (Å²) in [5.41, 5.74) is 0.567. The smallest absolute Gasteiger partial charge is 0.223 e. The van der Waals surface area contributed by atoms with E-state index in [0.29, 0.717) is 6.61 Å². The Morgan fingerprint density at radius 3 is 2.94 bits per heavy atom. The number of allylic oxidation sites excluding steroid dienone is 2. The first-order valence-electron chi connectivity index (χ1n) is 5.99. The number of ether oxygens (including phenoxy) is 2. The van der Waals surface area contributed by atoms with Gasteiger partial charge in [0.15, 0.2) is 5.60 Å². The van der Waals surface area contributed by atoms with Crippen LogP contribution in [0.1, 0.15) is 32.6 Å². The van der Waals surface area contributed by atoms with Gasteiger partial charge in [0.05, 0.1) is 6.61 Å². The summed E-state index contributed by atoms with van der Waals surface area (Å²) in [7, 11) is 1.64. The van der Waals surface area contributed by atoms with Crippen molar-refractivity contribution in [2.45, 2.75) is 44.0 Å². The van der Waals surface area contributed by atoms with Crippen LogP contribution in [0.3, 0.4) is 0 Å². The van der Waals surface area contributed by atoms with Crippen molar-refractivity contribution in [1.29, 1.82) is 0 Å². The van der Waals surface area contributed by atoms with Gasteiger partial charge < -0.3 is 14.6 Å². The first-order valence-corrected chi connectivity index (χ1v) is 5.99. The number of methoxy groups -OCH3 is 1. The molecule has 0 aromatic rings. The van der Waals surface area contributed by atoms with Gasteiger partial charge in [-0.2, -0.15) is 0 Å². The minimum absolute atomic E-state index is 0.422. The average molecular weight is 224 g/mol. The predicted octanol–water partition coefficient (Wildman–Crippen LogP) is 2.17. The third-order valence-corrected chi connectivity index (χ3v) is 3.40. The minimum Gasteiger partial charge on any atom is -0.381 e. The lowest BCUT2D eigenvalue weighted by molar-refractivity contribution is 0.0825. The van der Waals surface area contributed by atoms with Gasteiger partial charge in [-0.1, -0.05) is 31.9 Å². The molecular formula is C13H20O3. The van der Waals surface area contributed by atoms with E-state index in [1.165, 1.54) is 12.8 Å². The Morgan fingerprint density at radius 1 is 1.44 bits per heavy atom. The van der Waals surface area contributed by atoms with Crippen LogP contribution in [-0.4, -0.2) is 30.2 Å². The van der Waals surface area contributed by atoms with E-state index in [0.717, 1.165) is 18.4 Å². The molecule has 0 radical (unpaired) electrons. The standard InChI is InChI=1S/C13H20O3/c1-3-4-5-7-11-8-6-9-13(14)12(11,16-13)10-15-2/h6,8-9,14H,3-5,7,10H2,1-2H3. The van der Waals surface area contributed by atoms with E-state index >= 15 is 0 Å². The second-order valence-electron chi connectivity index (χ2n) is 4.57. The number of hydrogen-bond donors (Lipinski definition) is 1. The van der Waals surface area contributed by atoms with Crippen LogP contribution in [0.25, 0.3) is 0 Å². The molecule has 1 aliphatic carbocycles. The molecule has 0 aromatic heterocycles. The molecule has 0 saturated carbocycles. The molecule has 3 nitrogen and oxygen atoms in total. The molecule has 1 N–H and O–H groups in total. The number of fused-ring (bicyclic) bond motifs is 1. The summed E-state index contributed by atoms with van der Waals surface area (Å²) in [4.78, 5) is 0. The highest BCUT2D eigenvalue weighted by Crippen LogP contribution is 2.55. The highest BCUT2D eigenvalue weighted by molar-refractivity contribution is 5.42. The van der Waals surface area contributed by atoms with Gasteiger partial charge in [0.2, 0.25) is 5.79 Å². The normalized spacial score (nSPS) is 35.8. The van der Waals surface area contributed by atoms with Crippen molar-refractivity contribution in [3.8, 4) is 0 Å². The van der Waals surface area contributed by atoms with Gasteiger partial charge in [-0.3, -0.25) is 0 Å². The summed E-state index contributed by atoms with van der Waals surface area (Å²) >= 11 is 0. The zero-order valence-corrected chi connectivity index (χ0v) is 10.0. The van der Waals surface area contributed by atoms with Crippen LogP contribution in [0.15, 0.2) is 23.8 Å². The molecule has 2 aliphatic rings. The van der Waals surface area contributed by atoms with Gasteiger partial charge in [0.1, 0.15) is 0 Å². The molecule has 1 saturated heterocycles. The van der Waals surface area contributed by atoms with Crippen molar-refractivity contribution in [1.82, 2.24) is 0 Å². The lowest BCUT2D eigenvalue weighted by Crippen LogP contribution is -2.32. The van der Waals surface area contributed by atoms with Crippen molar-refractivity contribution in [2.75, 3.05) is 13.7 Å². The van der Waals surface area contributed by atoms with Crippen molar-refractivity contribution in [3.05, 3.63) is 23.8 Å². The Bertz CT molecular complexity index is 321. The fraction of sp³-hybridized carbons (Fsp3) is 0.692. The zero-order valence-electron chi connectivity index (χ0n) is 10.0. The second kappa shape index (κ2) is 4.32. The van der Waals surface area contributed by atoms with Gasteiger partial charge in [0, 0.05) is 7.11 Å². The summed E-state index contributed by atoms with van der Waals surface area (Å²) in [6.45, 7) is 2.61.